The fourth-order valence-electron chi connectivity index (χ4n) is 1.47. The molecule has 0 fully saturated rings. The summed E-state index contributed by atoms with van der Waals surface area (Å²) in [7, 11) is -3.79. The van der Waals surface area contributed by atoms with Crippen molar-refractivity contribution in [2.75, 3.05) is 4.72 Å². The Morgan fingerprint density at radius 1 is 1.10 bits per heavy atom. The molecule has 0 amide bonds. The van der Waals surface area contributed by atoms with Gasteiger partial charge in [0.1, 0.15) is 10.6 Å². The molecule has 2 aromatic rings. The van der Waals surface area contributed by atoms with Crippen molar-refractivity contribution in [1.82, 2.24) is 0 Å². The van der Waals surface area contributed by atoms with Gasteiger partial charge in [-0.25, -0.2) is 8.42 Å². The van der Waals surface area contributed by atoms with Crippen molar-refractivity contribution in [2.24, 2.45) is 0 Å². The van der Waals surface area contributed by atoms with E-state index in [2.05, 4.69) is 36.6 Å². The zero-order chi connectivity index (χ0) is 14.9. The van der Waals surface area contributed by atoms with Gasteiger partial charge >= 0.3 is 0 Å². The molecule has 4 nitrogen and oxygen atoms in total. The van der Waals surface area contributed by atoms with Crippen LogP contribution in [0.4, 0.5) is 5.69 Å². The predicted molar refractivity (Wildman–Crippen MR) is 85.8 cm³/mol. The molecule has 0 unspecified atom stereocenters. The molecule has 0 aliphatic carbocycles. The molecule has 8 heteroatoms. The van der Waals surface area contributed by atoms with Crippen molar-refractivity contribution in [1.29, 1.82) is 0 Å². The third kappa shape index (κ3) is 3.46. The summed E-state index contributed by atoms with van der Waals surface area (Å²) in [5, 5.41) is 9.37. The molecule has 0 aliphatic rings. The van der Waals surface area contributed by atoms with E-state index in [-0.39, 0.29) is 21.4 Å². The van der Waals surface area contributed by atoms with Crippen LogP contribution in [0.2, 0.25) is 5.02 Å². The first-order valence-corrected chi connectivity index (χ1v) is 8.71. The fraction of sp³-hybridized carbons (Fsp3) is 0. The summed E-state index contributed by atoms with van der Waals surface area (Å²) in [5.74, 6) is -0.0402. The van der Waals surface area contributed by atoms with Gasteiger partial charge in [-0.2, -0.15) is 0 Å². The van der Waals surface area contributed by atoms with E-state index in [1.165, 1.54) is 24.3 Å². The molecular formula is C12H8Br2ClNO3S. The highest BCUT2D eigenvalue weighted by atomic mass is 79.9. The van der Waals surface area contributed by atoms with E-state index in [0.717, 1.165) is 0 Å². The monoisotopic (exact) mass is 439 g/mol. The summed E-state index contributed by atoms with van der Waals surface area (Å²) in [6.45, 7) is 0. The van der Waals surface area contributed by atoms with Crippen LogP contribution in [0.15, 0.2) is 50.2 Å². The normalized spacial score (nSPS) is 11.3. The van der Waals surface area contributed by atoms with Crippen molar-refractivity contribution in [3.8, 4) is 5.75 Å². The Morgan fingerprint density at radius 3 is 2.45 bits per heavy atom. The molecule has 2 N–H and O–H groups in total. The molecule has 0 saturated heterocycles. The van der Waals surface area contributed by atoms with E-state index in [1.807, 2.05) is 0 Å². The second-order valence-corrected chi connectivity index (χ2v) is 7.67. The van der Waals surface area contributed by atoms with E-state index >= 15 is 0 Å². The van der Waals surface area contributed by atoms with E-state index in [0.29, 0.717) is 8.95 Å². The summed E-state index contributed by atoms with van der Waals surface area (Å²) in [4.78, 5) is 0.0796. The maximum atomic E-state index is 12.3. The first-order valence-electron chi connectivity index (χ1n) is 5.26. The minimum absolute atomic E-state index is 0.0402. The highest BCUT2D eigenvalue weighted by Gasteiger charge is 2.19. The van der Waals surface area contributed by atoms with Crippen molar-refractivity contribution in [3.05, 3.63) is 50.4 Å². The topological polar surface area (TPSA) is 66.4 Å². The molecule has 2 rings (SSSR count). The van der Waals surface area contributed by atoms with Crippen molar-refractivity contribution >= 4 is 59.2 Å². The van der Waals surface area contributed by atoms with E-state index in [1.54, 1.807) is 12.1 Å². The molecule has 106 valence electrons. The molecule has 0 aromatic heterocycles. The number of nitrogens with one attached hydrogen (secondary N) is 1. The highest BCUT2D eigenvalue weighted by molar-refractivity contribution is 9.11. The van der Waals surface area contributed by atoms with Crippen LogP contribution >= 0.6 is 43.5 Å². The van der Waals surface area contributed by atoms with Crippen molar-refractivity contribution < 1.29 is 13.5 Å². The molecule has 2 aromatic carbocycles. The summed E-state index contributed by atoms with van der Waals surface area (Å²) in [6, 6.07) is 8.81. The number of halogens is 3. The Kier molecular flexibility index (Phi) is 4.63. The lowest BCUT2D eigenvalue weighted by atomic mass is 10.3. The molecule has 20 heavy (non-hydrogen) atoms. The van der Waals surface area contributed by atoms with Crippen LogP contribution in [0.3, 0.4) is 0 Å². The molecule has 0 saturated carbocycles. The Morgan fingerprint density at radius 2 is 1.80 bits per heavy atom. The SMILES string of the molecule is O=S(=O)(Nc1ccc(O)cc1Cl)c1cc(Br)ccc1Br. The quantitative estimate of drug-likeness (QED) is 0.695. The van der Waals surface area contributed by atoms with E-state index in [9.17, 15) is 13.5 Å². The van der Waals surface area contributed by atoms with Crippen molar-refractivity contribution in [2.45, 2.75) is 4.90 Å². The van der Waals surface area contributed by atoms with Gasteiger partial charge in [-0.05, 0) is 46.3 Å². The van der Waals surface area contributed by atoms with E-state index < -0.39 is 10.0 Å². The van der Waals surface area contributed by atoms with Crippen LogP contribution in [0, 0.1) is 0 Å². The number of phenolic OH excluding ortho intramolecular Hbond substituents is 1. The van der Waals surface area contributed by atoms with Gasteiger partial charge in [0.05, 0.1) is 10.7 Å². The average Bonchev–Trinajstić information content (AvgIpc) is 2.35. The first kappa shape index (κ1) is 15.6. The van der Waals surface area contributed by atoms with Gasteiger partial charge in [0.15, 0.2) is 0 Å². The number of hydrogen-bond donors (Lipinski definition) is 2. The van der Waals surface area contributed by atoms with Crippen LogP contribution in [0.5, 0.6) is 5.75 Å². The third-order valence-electron chi connectivity index (χ3n) is 2.38. The molecule has 0 atom stereocenters. The van der Waals surface area contributed by atoms with E-state index in [4.69, 9.17) is 11.6 Å². The third-order valence-corrected chi connectivity index (χ3v) is 5.55. The minimum Gasteiger partial charge on any atom is -0.508 e. The Bertz CT molecular complexity index is 765. The zero-order valence-electron chi connectivity index (χ0n) is 9.77. The van der Waals surface area contributed by atoms with Crippen LogP contribution < -0.4 is 4.72 Å². The van der Waals surface area contributed by atoms with Crippen LogP contribution in [-0.4, -0.2) is 13.5 Å². The molecule has 0 heterocycles. The van der Waals surface area contributed by atoms with Gasteiger partial charge in [-0.3, -0.25) is 4.72 Å². The summed E-state index contributed by atoms with van der Waals surface area (Å²) in [6.07, 6.45) is 0. The lowest BCUT2D eigenvalue weighted by molar-refractivity contribution is 0.475. The highest BCUT2D eigenvalue weighted by Crippen LogP contribution is 2.31. The van der Waals surface area contributed by atoms with Gasteiger partial charge in [0.2, 0.25) is 0 Å². The Labute approximate surface area is 138 Å². The van der Waals surface area contributed by atoms with Gasteiger partial charge in [-0.15, -0.1) is 0 Å². The average molecular weight is 442 g/mol. The maximum Gasteiger partial charge on any atom is 0.263 e. The smallest absolute Gasteiger partial charge is 0.263 e. The summed E-state index contributed by atoms with van der Waals surface area (Å²) < 4.78 is 28.1. The Balaban J connectivity index is 2.43. The van der Waals surface area contributed by atoms with Crippen LogP contribution in [0.25, 0.3) is 0 Å². The predicted octanol–water partition coefficient (Wildman–Crippen LogP) is 4.37. The largest absolute Gasteiger partial charge is 0.508 e. The molecular weight excluding hydrogens is 433 g/mol. The Hall–Kier alpha value is -0.760. The van der Waals surface area contributed by atoms with Gasteiger partial charge in [-0.1, -0.05) is 27.5 Å². The lowest BCUT2D eigenvalue weighted by Crippen LogP contribution is -2.13. The number of aromatic hydroxyl groups is 1. The van der Waals surface area contributed by atoms with Gasteiger partial charge in [0.25, 0.3) is 10.0 Å². The number of sulfonamides is 1. The van der Waals surface area contributed by atoms with Gasteiger partial charge < -0.3 is 5.11 Å². The summed E-state index contributed by atoms with van der Waals surface area (Å²) in [5.41, 5.74) is 0.191. The van der Waals surface area contributed by atoms with Crippen LogP contribution in [-0.2, 0) is 10.0 Å². The fourth-order valence-corrected chi connectivity index (χ4v) is 4.33. The van der Waals surface area contributed by atoms with Crippen molar-refractivity contribution in [3.63, 3.8) is 0 Å². The number of hydrogen-bond acceptors (Lipinski definition) is 3. The van der Waals surface area contributed by atoms with Crippen LogP contribution in [0.1, 0.15) is 0 Å². The zero-order valence-corrected chi connectivity index (χ0v) is 14.5. The molecule has 0 radical (unpaired) electrons. The lowest BCUT2D eigenvalue weighted by Gasteiger charge is -2.11. The standard InChI is InChI=1S/C12H8Br2ClNO3S/c13-7-1-3-9(14)12(5-7)20(18,19)16-11-4-2-8(17)6-10(11)15/h1-6,16-17H. The number of anilines is 1. The maximum absolute atomic E-state index is 12.3. The molecule has 0 bridgehead atoms. The number of benzene rings is 2. The first-order chi connectivity index (χ1) is 9.29. The molecule has 0 aliphatic heterocycles. The summed E-state index contributed by atoms with van der Waals surface area (Å²) >= 11 is 12.3. The molecule has 0 spiro atoms. The minimum atomic E-state index is -3.79. The van der Waals surface area contributed by atoms with Gasteiger partial charge in [0, 0.05) is 15.0 Å². The number of phenols is 1. The number of rotatable bonds is 3. The second kappa shape index (κ2) is 5.93. The second-order valence-electron chi connectivity index (χ2n) is 3.84.